The van der Waals surface area contributed by atoms with Gasteiger partial charge in [-0.05, 0) is 34.1 Å². The Kier molecular flexibility index (Phi) is 3.71. The molecule has 0 fully saturated rings. The van der Waals surface area contributed by atoms with E-state index in [-0.39, 0.29) is 10.5 Å². The molecule has 0 saturated heterocycles. The van der Waals surface area contributed by atoms with Crippen LogP contribution in [-0.2, 0) is 0 Å². The molecule has 19 heavy (non-hydrogen) atoms. The Morgan fingerprint density at radius 3 is 2.16 bits per heavy atom. The van der Waals surface area contributed by atoms with Crippen molar-refractivity contribution in [1.82, 2.24) is 0 Å². The Morgan fingerprint density at radius 2 is 1.53 bits per heavy atom. The Bertz CT molecular complexity index is 650. The lowest BCUT2D eigenvalue weighted by molar-refractivity contribution is 0.103. The fourth-order valence-electron chi connectivity index (χ4n) is 1.55. The average molecular weight is 333 g/mol. The normalized spacial score (nSPS) is 10.6. The number of carbonyl (C=O) groups excluding carboxylic acids is 1. The molecule has 0 amide bonds. The molecule has 0 aliphatic heterocycles. The van der Waals surface area contributed by atoms with E-state index >= 15 is 0 Å². The molecular weight excluding hydrogens is 328 g/mol. The van der Waals surface area contributed by atoms with Gasteiger partial charge in [0.25, 0.3) is 0 Å². The molecule has 0 radical (unpaired) electrons. The molecule has 1 nitrogen and oxygen atoms in total. The average Bonchev–Trinajstić information content (AvgIpc) is 2.33. The van der Waals surface area contributed by atoms with Crippen LogP contribution in [0.3, 0.4) is 0 Å². The highest BCUT2D eigenvalue weighted by molar-refractivity contribution is 9.10. The summed E-state index contributed by atoms with van der Waals surface area (Å²) in [5, 5.41) is 0. The molecule has 6 heteroatoms. The fraction of sp³-hybridized carbons (Fsp3) is 0. The van der Waals surface area contributed by atoms with Crippen molar-refractivity contribution < 1.29 is 22.4 Å². The van der Waals surface area contributed by atoms with Gasteiger partial charge in [0.1, 0.15) is 11.6 Å². The molecule has 0 spiro atoms. The minimum Gasteiger partial charge on any atom is -0.288 e. The minimum absolute atomic E-state index is 0.0987. The van der Waals surface area contributed by atoms with Gasteiger partial charge in [-0.1, -0.05) is 6.07 Å². The topological polar surface area (TPSA) is 17.1 Å². The van der Waals surface area contributed by atoms with Crippen LogP contribution in [0.2, 0.25) is 0 Å². The van der Waals surface area contributed by atoms with E-state index in [1.54, 1.807) is 0 Å². The van der Waals surface area contributed by atoms with Gasteiger partial charge in [-0.3, -0.25) is 4.79 Å². The third kappa shape index (κ3) is 2.53. The molecule has 2 rings (SSSR count). The lowest BCUT2D eigenvalue weighted by atomic mass is 10.0. The van der Waals surface area contributed by atoms with Crippen molar-refractivity contribution >= 4 is 21.7 Å². The predicted octanol–water partition coefficient (Wildman–Crippen LogP) is 4.24. The number of ketones is 1. The van der Waals surface area contributed by atoms with Crippen LogP contribution in [0.1, 0.15) is 15.9 Å². The molecule has 0 aromatic heterocycles. The van der Waals surface area contributed by atoms with Crippen molar-refractivity contribution in [2.24, 2.45) is 0 Å². The van der Waals surface area contributed by atoms with Crippen LogP contribution < -0.4 is 0 Å². The molecular formula is C13H5BrF4O. The molecule has 0 heterocycles. The molecule has 0 N–H and O–H groups in total. The molecule has 0 aliphatic rings. The maximum Gasteiger partial charge on any atom is 0.200 e. The van der Waals surface area contributed by atoms with Crippen LogP contribution in [0, 0.1) is 23.3 Å². The van der Waals surface area contributed by atoms with E-state index in [0.717, 1.165) is 6.07 Å². The molecule has 2 aromatic rings. The Balaban J connectivity index is 2.60. The van der Waals surface area contributed by atoms with Crippen LogP contribution >= 0.6 is 15.9 Å². The molecule has 0 bridgehead atoms. The van der Waals surface area contributed by atoms with Crippen molar-refractivity contribution in [3.63, 3.8) is 0 Å². The van der Waals surface area contributed by atoms with E-state index in [1.165, 1.54) is 12.1 Å². The van der Waals surface area contributed by atoms with Gasteiger partial charge in [0.05, 0.1) is 11.1 Å². The number of rotatable bonds is 2. The first kappa shape index (κ1) is 13.7. The molecule has 0 unspecified atom stereocenters. The van der Waals surface area contributed by atoms with E-state index in [1.807, 2.05) is 0 Å². The summed E-state index contributed by atoms with van der Waals surface area (Å²) >= 11 is 2.95. The van der Waals surface area contributed by atoms with E-state index < -0.39 is 40.2 Å². The second-order valence-corrected chi connectivity index (χ2v) is 4.53. The van der Waals surface area contributed by atoms with Crippen LogP contribution in [0.5, 0.6) is 0 Å². The number of hydrogen-bond acceptors (Lipinski definition) is 1. The Morgan fingerprint density at radius 1 is 0.895 bits per heavy atom. The van der Waals surface area contributed by atoms with Crippen LogP contribution in [-0.4, -0.2) is 5.78 Å². The van der Waals surface area contributed by atoms with Crippen molar-refractivity contribution in [1.29, 1.82) is 0 Å². The third-order valence-electron chi connectivity index (χ3n) is 2.44. The number of hydrogen-bond donors (Lipinski definition) is 0. The van der Waals surface area contributed by atoms with Gasteiger partial charge < -0.3 is 0 Å². The maximum absolute atomic E-state index is 13.6. The molecule has 0 saturated carbocycles. The maximum atomic E-state index is 13.6. The van der Waals surface area contributed by atoms with Crippen LogP contribution in [0.15, 0.2) is 34.8 Å². The molecule has 0 aliphatic carbocycles. The first-order chi connectivity index (χ1) is 8.91. The molecule has 0 atom stereocenters. The van der Waals surface area contributed by atoms with Gasteiger partial charge in [-0.2, -0.15) is 0 Å². The zero-order valence-corrected chi connectivity index (χ0v) is 10.8. The zero-order valence-electron chi connectivity index (χ0n) is 9.18. The summed E-state index contributed by atoms with van der Waals surface area (Å²) in [6.45, 7) is 0. The molecule has 2 aromatic carbocycles. The van der Waals surface area contributed by atoms with Crippen LogP contribution in [0.4, 0.5) is 17.6 Å². The highest BCUT2D eigenvalue weighted by Crippen LogP contribution is 2.25. The third-order valence-corrected chi connectivity index (χ3v) is 3.11. The van der Waals surface area contributed by atoms with Crippen molar-refractivity contribution in [2.75, 3.05) is 0 Å². The number of carbonyl (C=O) groups is 1. The van der Waals surface area contributed by atoms with Gasteiger partial charge in [0, 0.05) is 10.5 Å². The van der Waals surface area contributed by atoms with E-state index in [2.05, 4.69) is 15.9 Å². The van der Waals surface area contributed by atoms with E-state index in [4.69, 9.17) is 0 Å². The van der Waals surface area contributed by atoms with Gasteiger partial charge in [-0.25, -0.2) is 17.6 Å². The smallest absolute Gasteiger partial charge is 0.200 e. The van der Waals surface area contributed by atoms with Crippen LogP contribution in [0.25, 0.3) is 0 Å². The predicted molar refractivity (Wildman–Crippen MR) is 63.8 cm³/mol. The van der Waals surface area contributed by atoms with Gasteiger partial charge in [0.15, 0.2) is 17.4 Å². The summed E-state index contributed by atoms with van der Waals surface area (Å²) < 4.78 is 52.9. The van der Waals surface area contributed by atoms with Gasteiger partial charge >= 0.3 is 0 Å². The lowest BCUT2D eigenvalue weighted by Gasteiger charge is -2.06. The zero-order chi connectivity index (χ0) is 14.2. The SMILES string of the molecule is O=C(c1cc(F)c(F)cc1F)c1c(F)cccc1Br. The fourth-order valence-corrected chi connectivity index (χ4v) is 2.07. The number of benzene rings is 2. The second kappa shape index (κ2) is 5.13. The van der Waals surface area contributed by atoms with E-state index in [0.29, 0.717) is 6.07 Å². The minimum atomic E-state index is -1.42. The summed E-state index contributed by atoms with van der Waals surface area (Å²) in [5.41, 5.74) is -1.17. The standard InChI is InChI=1S/C13H5BrF4O/c14-7-2-1-3-8(15)12(7)13(19)6-4-10(17)11(18)5-9(6)16/h1-5H. The first-order valence-corrected chi connectivity index (χ1v) is 5.84. The number of halogens is 5. The second-order valence-electron chi connectivity index (χ2n) is 3.67. The highest BCUT2D eigenvalue weighted by atomic mass is 79.9. The summed E-state index contributed by atoms with van der Waals surface area (Å²) in [6, 6.07) is 4.39. The largest absolute Gasteiger partial charge is 0.288 e. The summed E-state index contributed by atoms with van der Waals surface area (Å²) in [5.74, 6) is -6.00. The molecule has 98 valence electrons. The quantitative estimate of drug-likeness (QED) is 0.457. The Hall–Kier alpha value is -1.69. The summed E-state index contributed by atoms with van der Waals surface area (Å²) in [7, 11) is 0. The lowest BCUT2D eigenvalue weighted by Crippen LogP contribution is -2.09. The summed E-state index contributed by atoms with van der Waals surface area (Å²) in [6.07, 6.45) is 0. The Labute approximate surface area is 114 Å². The van der Waals surface area contributed by atoms with Gasteiger partial charge in [0.2, 0.25) is 0 Å². The highest BCUT2D eigenvalue weighted by Gasteiger charge is 2.22. The van der Waals surface area contributed by atoms with Crippen molar-refractivity contribution in [2.45, 2.75) is 0 Å². The van der Waals surface area contributed by atoms with E-state index in [9.17, 15) is 22.4 Å². The summed E-state index contributed by atoms with van der Waals surface area (Å²) in [4.78, 5) is 12.0. The van der Waals surface area contributed by atoms with Crippen molar-refractivity contribution in [3.8, 4) is 0 Å². The monoisotopic (exact) mass is 332 g/mol. The van der Waals surface area contributed by atoms with Crippen molar-refractivity contribution in [3.05, 3.63) is 69.2 Å². The first-order valence-electron chi connectivity index (χ1n) is 5.05. The van der Waals surface area contributed by atoms with Gasteiger partial charge in [-0.15, -0.1) is 0 Å².